The van der Waals surface area contributed by atoms with Gasteiger partial charge in [0.05, 0.1) is 25.3 Å². The molecule has 0 spiro atoms. The maximum absolute atomic E-state index is 13.6. The maximum atomic E-state index is 13.6. The summed E-state index contributed by atoms with van der Waals surface area (Å²) < 4.78 is 44.5. The van der Waals surface area contributed by atoms with Gasteiger partial charge in [-0.1, -0.05) is 36.4 Å². The van der Waals surface area contributed by atoms with Gasteiger partial charge in [-0.25, -0.2) is 0 Å². The van der Waals surface area contributed by atoms with E-state index in [1.54, 1.807) is 16.2 Å². The van der Waals surface area contributed by atoms with Crippen molar-refractivity contribution in [3.8, 4) is 0 Å². The Labute approximate surface area is 224 Å². The smallest absolute Gasteiger partial charge is 0.379 e. The van der Waals surface area contributed by atoms with Gasteiger partial charge in [0.1, 0.15) is 6.54 Å². The lowest BCUT2D eigenvalue weighted by atomic mass is 10.1. The number of carbonyl (C=O) groups is 2. The molecule has 1 aromatic heterocycles. The van der Waals surface area contributed by atoms with Crippen LogP contribution in [0.3, 0.4) is 0 Å². The standard InChI is InChI=1S/C28H30F3N3O3S/c29-28(30,31)24-10-8-23(9-11-24)27(36)33(13-12-32-14-16-37-17-15-32)21-26(35)34(20-25-7-4-18-38-25)19-22-5-2-1-3-6-22/h1-11,18H,12-17,19-21H2. The lowest BCUT2D eigenvalue weighted by molar-refractivity contribution is -0.137. The van der Waals surface area contributed by atoms with Crippen LogP contribution in [0.25, 0.3) is 0 Å². The second-order valence-electron chi connectivity index (χ2n) is 9.07. The molecule has 202 valence electrons. The second-order valence-corrected chi connectivity index (χ2v) is 10.1. The monoisotopic (exact) mass is 545 g/mol. The first-order valence-electron chi connectivity index (χ1n) is 12.4. The molecular formula is C28H30F3N3O3S. The van der Waals surface area contributed by atoms with Crippen LogP contribution in [-0.4, -0.2) is 72.5 Å². The number of thiophene rings is 1. The lowest BCUT2D eigenvalue weighted by Gasteiger charge is -2.31. The molecule has 2 amide bonds. The number of carbonyl (C=O) groups excluding carboxylic acids is 2. The molecule has 6 nitrogen and oxygen atoms in total. The van der Waals surface area contributed by atoms with Crippen LogP contribution in [0.5, 0.6) is 0 Å². The average molecular weight is 546 g/mol. The summed E-state index contributed by atoms with van der Waals surface area (Å²) in [4.78, 5) is 33.4. The molecular weight excluding hydrogens is 515 g/mol. The third-order valence-electron chi connectivity index (χ3n) is 6.36. The van der Waals surface area contributed by atoms with E-state index in [1.165, 1.54) is 17.0 Å². The zero-order valence-electron chi connectivity index (χ0n) is 20.9. The molecule has 0 bridgehead atoms. The van der Waals surface area contributed by atoms with E-state index >= 15 is 0 Å². The van der Waals surface area contributed by atoms with Gasteiger partial charge < -0.3 is 14.5 Å². The average Bonchev–Trinajstić information content (AvgIpc) is 3.44. The van der Waals surface area contributed by atoms with Gasteiger partial charge in [0.15, 0.2) is 0 Å². The highest BCUT2D eigenvalue weighted by Gasteiger charge is 2.31. The van der Waals surface area contributed by atoms with E-state index < -0.39 is 17.6 Å². The van der Waals surface area contributed by atoms with Crippen molar-refractivity contribution < 1.29 is 27.5 Å². The molecule has 38 heavy (non-hydrogen) atoms. The molecule has 0 saturated carbocycles. The first-order chi connectivity index (χ1) is 18.3. The van der Waals surface area contributed by atoms with Gasteiger partial charge in [-0.2, -0.15) is 13.2 Å². The Hall–Kier alpha value is -3.21. The fraction of sp³-hybridized carbons (Fsp3) is 0.357. The molecule has 0 unspecified atom stereocenters. The van der Waals surface area contributed by atoms with E-state index in [0.29, 0.717) is 32.8 Å². The Morgan fingerprint density at radius 3 is 2.24 bits per heavy atom. The normalized spacial score (nSPS) is 14.3. The summed E-state index contributed by atoms with van der Waals surface area (Å²) in [6, 6.07) is 17.6. The highest BCUT2D eigenvalue weighted by molar-refractivity contribution is 7.09. The van der Waals surface area contributed by atoms with Crippen molar-refractivity contribution in [3.63, 3.8) is 0 Å². The minimum absolute atomic E-state index is 0.112. The van der Waals surface area contributed by atoms with Gasteiger partial charge in [-0.3, -0.25) is 14.5 Å². The van der Waals surface area contributed by atoms with Crippen LogP contribution in [0.1, 0.15) is 26.4 Å². The van der Waals surface area contributed by atoms with Crippen molar-refractivity contribution in [2.45, 2.75) is 19.3 Å². The number of hydrogen-bond acceptors (Lipinski definition) is 5. The van der Waals surface area contributed by atoms with E-state index in [2.05, 4.69) is 4.90 Å². The highest BCUT2D eigenvalue weighted by atomic mass is 32.1. The molecule has 2 heterocycles. The van der Waals surface area contributed by atoms with Gasteiger partial charge in [0, 0.05) is 43.2 Å². The van der Waals surface area contributed by atoms with Crippen LogP contribution in [0, 0.1) is 0 Å². The Bertz CT molecular complexity index is 1170. The number of benzene rings is 2. The molecule has 1 saturated heterocycles. The van der Waals surface area contributed by atoms with E-state index in [4.69, 9.17) is 4.74 Å². The predicted octanol–water partition coefficient (Wildman–Crippen LogP) is 4.77. The molecule has 10 heteroatoms. The van der Waals surface area contributed by atoms with Crippen LogP contribution in [-0.2, 0) is 28.8 Å². The third-order valence-corrected chi connectivity index (χ3v) is 7.22. The molecule has 4 rings (SSSR count). The molecule has 1 aliphatic rings. The number of alkyl halides is 3. The van der Waals surface area contributed by atoms with Crippen LogP contribution >= 0.6 is 11.3 Å². The van der Waals surface area contributed by atoms with Crippen molar-refractivity contribution in [3.05, 3.63) is 93.7 Å². The summed E-state index contributed by atoms with van der Waals surface area (Å²) in [5.41, 5.74) is 0.252. The quantitative estimate of drug-likeness (QED) is 0.368. The summed E-state index contributed by atoms with van der Waals surface area (Å²) >= 11 is 1.55. The van der Waals surface area contributed by atoms with Gasteiger partial charge >= 0.3 is 6.18 Å². The van der Waals surface area contributed by atoms with Crippen molar-refractivity contribution in [1.82, 2.24) is 14.7 Å². The summed E-state index contributed by atoms with van der Waals surface area (Å²) in [5, 5.41) is 1.95. The number of ether oxygens (including phenoxy) is 1. The van der Waals surface area contributed by atoms with Crippen LogP contribution in [0.15, 0.2) is 72.1 Å². The summed E-state index contributed by atoms with van der Waals surface area (Å²) in [6.07, 6.45) is -4.49. The second kappa shape index (κ2) is 13.0. The van der Waals surface area contributed by atoms with Gasteiger partial charge in [0.2, 0.25) is 5.91 Å². The number of halogens is 3. The Morgan fingerprint density at radius 1 is 0.895 bits per heavy atom. The van der Waals surface area contributed by atoms with E-state index in [9.17, 15) is 22.8 Å². The number of hydrogen-bond donors (Lipinski definition) is 0. The zero-order chi connectivity index (χ0) is 27.0. The Balaban J connectivity index is 1.53. The topological polar surface area (TPSA) is 53.1 Å². The molecule has 0 N–H and O–H groups in total. The zero-order valence-corrected chi connectivity index (χ0v) is 21.7. The maximum Gasteiger partial charge on any atom is 0.416 e. The summed E-state index contributed by atoms with van der Waals surface area (Å²) in [7, 11) is 0. The first-order valence-corrected chi connectivity index (χ1v) is 13.3. The first kappa shape index (κ1) is 27.8. The van der Waals surface area contributed by atoms with Gasteiger partial charge in [-0.05, 0) is 41.3 Å². The lowest BCUT2D eigenvalue weighted by Crippen LogP contribution is -2.47. The van der Waals surface area contributed by atoms with Crippen molar-refractivity contribution >= 4 is 23.2 Å². The number of nitrogens with zero attached hydrogens (tertiary/aromatic N) is 3. The van der Waals surface area contributed by atoms with Crippen molar-refractivity contribution in [1.29, 1.82) is 0 Å². The Morgan fingerprint density at radius 2 is 1.61 bits per heavy atom. The SMILES string of the molecule is O=C(CN(CCN1CCOCC1)C(=O)c1ccc(C(F)(F)F)cc1)N(Cc1ccccc1)Cc1cccs1. The molecule has 1 fully saturated rings. The highest BCUT2D eigenvalue weighted by Crippen LogP contribution is 2.29. The third kappa shape index (κ3) is 7.89. The predicted molar refractivity (Wildman–Crippen MR) is 140 cm³/mol. The van der Waals surface area contributed by atoms with Crippen LogP contribution in [0.2, 0.25) is 0 Å². The van der Waals surface area contributed by atoms with Crippen molar-refractivity contribution in [2.24, 2.45) is 0 Å². The fourth-order valence-electron chi connectivity index (χ4n) is 4.21. The summed E-state index contributed by atoms with van der Waals surface area (Å²) in [6.45, 7) is 4.03. The molecule has 0 radical (unpaired) electrons. The largest absolute Gasteiger partial charge is 0.416 e. The van der Waals surface area contributed by atoms with Gasteiger partial charge in [-0.15, -0.1) is 11.3 Å². The van der Waals surface area contributed by atoms with E-state index in [0.717, 1.165) is 35.7 Å². The van der Waals surface area contributed by atoms with Crippen molar-refractivity contribution in [2.75, 3.05) is 45.9 Å². The van der Waals surface area contributed by atoms with E-state index in [-0.39, 0.29) is 24.6 Å². The van der Waals surface area contributed by atoms with Crippen LogP contribution < -0.4 is 0 Å². The number of rotatable bonds is 10. The van der Waals surface area contributed by atoms with Gasteiger partial charge in [0.25, 0.3) is 5.91 Å². The van der Waals surface area contributed by atoms with Crippen LogP contribution in [0.4, 0.5) is 13.2 Å². The number of amides is 2. The summed E-state index contributed by atoms with van der Waals surface area (Å²) in [5.74, 6) is -0.708. The molecule has 0 atom stereocenters. The minimum Gasteiger partial charge on any atom is -0.379 e. The van der Waals surface area contributed by atoms with E-state index in [1.807, 2.05) is 47.8 Å². The molecule has 1 aliphatic heterocycles. The minimum atomic E-state index is -4.49. The number of morpholine rings is 1. The Kier molecular flexibility index (Phi) is 9.54. The molecule has 0 aliphatic carbocycles. The molecule has 3 aromatic rings. The fourth-order valence-corrected chi connectivity index (χ4v) is 4.93. The molecule has 2 aromatic carbocycles.